The van der Waals surface area contributed by atoms with E-state index < -0.39 is 11.9 Å². The van der Waals surface area contributed by atoms with Crippen LogP contribution in [0.4, 0.5) is 0 Å². The fraction of sp³-hybridized carbons (Fsp3) is 0.100. The Morgan fingerprint density at radius 3 is 2.32 bits per heavy atom. The molecule has 4 aromatic rings. The number of rotatable bonds is 10. The van der Waals surface area contributed by atoms with Crippen molar-refractivity contribution >= 4 is 28.9 Å². The summed E-state index contributed by atoms with van der Waals surface area (Å²) in [5.74, 6) is 0.827. The number of carbonyl (C=O) groups is 2. The highest BCUT2D eigenvalue weighted by molar-refractivity contribution is 6.04. The molecule has 0 fully saturated rings. The number of fused-ring (bicyclic) bond motifs is 1. The first-order valence-corrected chi connectivity index (χ1v) is 11.7. The van der Waals surface area contributed by atoms with Crippen LogP contribution in [-0.2, 0) is 0 Å². The van der Waals surface area contributed by atoms with Crippen LogP contribution >= 0.6 is 0 Å². The first-order chi connectivity index (χ1) is 18.5. The molecule has 0 radical (unpaired) electrons. The summed E-state index contributed by atoms with van der Waals surface area (Å²) in [6.07, 6.45) is 3.10. The number of benzene rings is 4. The van der Waals surface area contributed by atoms with E-state index in [1.54, 1.807) is 54.6 Å². The summed E-state index contributed by atoms with van der Waals surface area (Å²) in [4.78, 5) is 25.6. The van der Waals surface area contributed by atoms with Crippen LogP contribution in [0.15, 0.2) is 96.6 Å². The van der Waals surface area contributed by atoms with Crippen LogP contribution < -0.4 is 24.4 Å². The van der Waals surface area contributed by atoms with Gasteiger partial charge in [-0.25, -0.2) is 10.2 Å². The minimum Gasteiger partial charge on any atom is -0.493 e. The summed E-state index contributed by atoms with van der Waals surface area (Å²) in [6, 6.07) is 22.5. The quantitative estimate of drug-likeness (QED) is 0.101. The number of nitrogens with one attached hydrogen (secondary N) is 1. The Bertz CT molecular complexity index is 1490. The van der Waals surface area contributed by atoms with Gasteiger partial charge in [-0.2, -0.15) is 5.10 Å². The Morgan fingerprint density at radius 2 is 1.58 bits per heavy atom. The van der Waals surface area contributed by atoms with Crippen molar-refractivity contribution < 1.29 is 28.5 Å². The van der Waals surface area contributed by atoms with E-state index in [0.717, 1.165) is 10.8 Å². The van der Waals surface area contributed by atoms with Gasteiger partial charge in [-0.05, 0) is 59.3 Å². The minimum atomic E-state index is -0.585. The molecule has 0 spiro atoms. The Morgan fingerprint density at radius 1 is 0.868 bits per heavy atom. The minimum absolute atomic E-state index is 0.283. The molecule has 0 heterocycles. The van der Waals surface area contributed by atoms with E-state index in [4.69, 9.17) is 18.9 Å². The van der Waals surface area contributed by atoms with Crippen LogP contribution in [0.3, 0.4) is 0 Å². The topological polar surface area (TPSA) is 95.5 Å². The lowest BCUT2D eigenvalue weighted by Crippen LogP contribution is -2.17. The number of hydrogen-bond donors (Lipinski definition) is 1. The molecule has 0 aromatic heterocycles. The van der Waals surface area contributed by atoms with E-state index in [1.165, 1.54) is 20.4 Å². The fourth-order valence-corrected chi connectivity index (χ4v) is 3.70. The zero-order valence-corrected chi connectivity index (χ0v) is 21.0. The van der Waals surface area contributed by atoms with Crippen LogP contribution in [0.25, 0.3) is 10.8 Å². The number of nitrogens with zero attached hydrogens (tertiary/aromatic N) is 1. The second-order valence-corrected chi connectivity index (χ2v) is 7.98. The molecule has 0 unspecified atom stereocenters. The third-order valence-electron chi connectivity index (χ3n) is 5.60. The molecule has 0 bridgehead atoms. The molecule has 1 amide bonds. The molecule has 0 atom stereocenters. The van der Waals surface area contributed by atoms with Gasteiger partial charge in [0.25, 0.3) is 5.91 Å². The van der Waals surface area contributed by atoms with Gasteiger partial charge in [0.2, 0.25) is 0 Å². The molecule has 0 aliphatic heterocycles. The van der Waals surface area contributed by atoms with E-state index in [2.05, 4.69) is 17.1 Å². The van der Waals surface area contributed by atoms with Gasteiger partial charge in [0.1, 0.15) is 18.1 Å². The van der Waals surface area contributed by atoms with Crippen LogP contribution in [0.5, 0.6) is 23.0 Å². The van der Waals surface area contributed by atoms with Crippen molar-refractivity contribution in [2.24, 2.45) is 5.10 Å². The van der Waals surface area contributed by atoms with Crippen LogP contribution in [-0.4, -0.2) is 38.9 Å². The van der Waals surface area contributed by atoms with Crippen LogP contribution in [0, 0.1) is 0 Å². The normalized spacial score (nSPS) is 10.7. The zero-order valence-electron chi connectivity index (χ0n) is 21.0. The van der Waals surface area contributed by atoms with Crippen molar-refractivity contribution in [3.63, 3.8) is 0 Å². The molecular weight excluding hydrogens is 484 g/mol. The van der Waals surface area contributed by atoms with Crippen molar-refractivity contribution in [1.82, 2.24) is 5.43 Å². The molecule has 0 aliphatic rings. The summed E-state index contributed by atoms with van der Waals surface area (Å²) >= 11 is 0. The first kappa shape index (κ1) is 26.0. The Kier molecular flexibility index (Phi) is 8.35. The fourth-order valence-electron chi connectivity index (χ4n) is 3.70. The molecule has 4 rings (SSSR count). The highest BCUT2D eigenvalue weighted by Gasteiger charge is 2.16. The van der Waals surface area contributed by atoms with Crippen LogP contribution in [0.2, 0.25) is 0 Å². The third kappa shape index (κ3) is 5.99. The molecule has 0 saturated carbocycles. The van der Waals surface area contributed by atoms with Crippen LogP contribution in [0.1, 0.15) is 26.3 Å². The van der Waals surface area contributed by atoms with E-state index >= 15 is 0 Å². The number of hydrazone groups is 1. The lowest BCUT2D eigenvalue weighted by Gasteiger charge is -2.12. The smallest absolute Gasteiger partial charge is 0.343 e. The summed E-state index contributed by atoms with van der Waals surface area (Å²) in [5.41, 5.74) is 3.74. The van der Waals surface area contributed by atoms with E-state index in [9.17, 15) is 9.59 Å². The van der Waals surface area contributed by atoms with E-state index in [0.29, 0.717) is 35.0 Å². The highest BCUT2D eigenvalue weighted by Crippen LogP contribution is 2.30. The third-order valence-corrected chi connectivity index (χ3v) is 5.60. The average Bonchev–Trinajstić information content (AvgIpc) is 2.96. The average molecular weight is 511 g/mol. The molecule has 8 nitrogen and oxygen atoms in total. The Labute approximate surface area is 220 Å². The summed E-state index contributed by atoms with van der Waals surface area (Å²) in [6.45, 7) is 3.98. The van der Waals surface area contributed by atoms with Gasteiger partial charge in [-0.1, -0.05) is 43.0 Å². The maximum Gasteiger partial charge on any atom is 0.343 e. The molecular formula is C30H26N2O6. The summed E-state index contributed by atoms with van der Waals surface area (Å²) in [7, 11) is 3.01. The van der Waals surface area contributed by atoms with Crippen molar-refractivity contribution in [2.45, 2.75) is 0 Å². The predicted molar refractivity (Wildman–Crippen MR) is 146 cm³/mol. The van der Waals surface area contributed by atoms with Gasteiger partial charge in [0.05, 0.1) is 26.0 Å². The van der Waals surface area contributed by atoms with Crippen molar-refractivity contribution in [2.75, 3.05) is 20.8 Å². The lowest BCUT2D eigenvalue weighted by atomic mass is 10.0. The van der Waals surface area contributed by atoms with Gasteiger partial charge in [-0.15, -0.1) is 0 Å². The van der Waals surface area contributed by atoms with Gasteiger partial charge in [0, 0.05) is 11.1 Å². The number of ether oxygens (including phenoxy) is 4. The number of amides is 1. The second kappa shape index (κ2) is 12.2. The monoisotopic (exact) mass is 510 g/mol. The molecule has 1 N–H and O–H groups in total. The molecule has 0 aliphatic carbocycles. The molecule has 8 heteroatoms. The SMILES string of the molecule is C=CCOc1ccc(C(=O)NN=Cc2c(OC(=O)c3ccc(OC)c(OC)c3)ccc3ccccc23)cc1. The van der Waals surface area contributed by atoms with E-state index in [-0.39, 0.29) is 11.3 Å². The highest BCUT2D eigenvalue weighted by atomic mass is 16.5. The standard InChI is InChI=1S/C30H26N2O6/c1-4-17-37-23-13-9-21(10-14-23)29(33)32-31-19-25-24-8-6-5-7-20(24)11-15-26(25)38-30(34)22-12-16-27(35-2)28(18-22)36-3/h4-16,18-19H,1,17H2,2-3H3,(H,32,33). The second-order valence-electron chi connectivity index (χ2n) is 7.98. The maximum absolute atomic E-state index is 13.0. The molecule has 192 valence electrons. The van der Waals surface area contributed by atoms with Gasteiger partial charge in [-0.3, -0.25) is 4.79 Å². The Balaban J connectivity index is 1.56. The molecule has 0 saturated heterocycles. The maximum atomic E-state index is 13.0. The van der Waals surface area contributed by atoms with Crippen molar-refractivity contribution in [3.05, 3.63) is 108 Å². The van der Waals surface area contributed by atoms with Gasteiger partial charge in [0.15, 0.2) is 11.5 Å². The predicted octanol–water partition coefficient (Wildman–Crippen LogP) is 5.40. The van der Waals surface area contributed by atoms with Gasteiger partial charge >= 0.3 is 5.97 Å². The Hall–Kier alpha value is -5.11. The summed E-state index contributed by atoms with van der Waals surface area (Å²) < 4.78 is 21.7. The zero-order chi connectivity index (χ0) is 26.9. The molecule has 38 heavy (non-hydrogen) atoms. The van der Waals surface area contributed by atoms with Gasteiger partial charge < -0.3 is 18.9 Å². The lowest BCUT2D eigenvalue weighted by molar-refractivity contribution is 0.0734. The van der Waals surface area contributed by atoms with Crippen molar-refractivity contribution in [3.8, 4) is 23.0 Å². The van der Waals surface area contributed by atoms with Crippen molar-refractivity contribution in [1.29, 1.82) is 0 Å². The number of hydrogen-bond acceptors (Lipinski definition) is 7. The molecule has 4 aromatic carbocycles. The number of methoxy groups -OCH3 is 2. The largest absolute Gasteiger partial charge is 0.493 e. The summed E-state index contributed by atoms with van der Waals surface area (Å²) in [5, 5.41) is 5.85. The van der Waals surface area contributed by atoms with E-state index in [1.807, 2.05) is 30.3 Å². The number of esters is 1. The number of carbonyl (C=O) groups excluding carboxylic acids is 2. The first-order valence-electron chi connectivity index (χ1n) is 11.7.